The number of amides is 1. The largest absolute Gasteiger partial charge is 0.384 e. The first-order chi connectivity index (χ1) is 10.0. The van der Waals surface area contributed by atoms with Crippen LogP contribution in [0.5, 0.6) is 0 Å². The van der Waals surface area contributed by atoms with E-state index >= 15 is 0 Å². The Morgan fingerprint density at radius 3 is 2.86 bits per heavy atom. The molecular formula is C15H14FN3O2. The Labute approximate surface area is 121 Å². The van der Waals surface area contributed by atoms with E-state index in [1.807, 2.05) is 0 Å². The lowest BCUT2D eigenvalue weighted by atomic mass is 10.2. The minimum atomic E-state index is -0.559. The summed E-state index contributed by atoms with van der Waals surface area (Å²) in [7, 11) is 1.72. The summed E-state index contributed by atoms with van der Waals surface area (Å²) in [5.41, 5.74) is 1.53. The highest BCUT2D eigenvalue weighted by Gasteiger charge is 2.13. The van der Waals surface area contributed by atoms with Crippen molar-refractivity contribution in [3.8, 4) is 11.8 Å². The molecule has 108 valence electrons. The molecular weight excluding hydrogens is 273 g/mol. The van der Waals surface area contributed by atoms with Crippen LogP contribution in [-0.2, 0) is 7.05 Å². The highest BCUT2D eigenvalue weighted by Crippen LogP contribution is 2.15. The molecule has 1 heterocycles. The molecule has 0 saturated carbocycles. The van der Waals surface area contributed by atoms with Crippen LogP contribution in [0.3, 0.4) is 0 Å². The van der Waals surface area contributed by atoms with Crippen LogP contribution in [0.4, 0.5) is 10.1 Å². The molecule has 5 nitrogen and oxygen atoms in total. The van der Waals surface area contributed by atoms with Crippen molar-refractivity contribution in [2.24, 2.45) is 7.05 Å². The molecule has 0 spiro atoms. The normalized spacial score (nSPS) is 9.90. The van der Waals surface area contributed by atoms with Crippen molar-refractivity contribution in [1.82, 2.24) is 9.78 Å². The standard InChI is InChI=1S/C15H14FN3O2/c1-10-13(9-19(2)18-10)15(21)17-12-6-5-11(4-3-7-20)14(16)8-12/h5-6,8-9,20H,7H2,1-2H3,(H,17,21). The molecule has 1 aromatic carbocycles. The number of hydrogen-bond donors (Lipinski definition) is 2. The smallest absolute Gasteiger partial charge is 0.259 e. The van der Waals surface area contributed by atoms with Crippen molar-refractivity contribution in [3.63, 3.8) is 0 Å². The molecule has 2 N–H and O–H groups in total. The third-order valence-electron chi connectivity index (χ3n) is 2.79. The van der Waals surface area contributed by atoms with Crippen molar-refractivity contribution < 1.29 is 14.3 Å². The first-order valence-corrected chi connectivity index (χ1v) is 6.22. The molecule has 6 heteroatoms. The van der Waals surface area contributed by atoms with E-state index in [-0.39, 0.29) is 18.1 Å². The second-order valence-electron chi connectivity index (χ2n) is 4.41. The lowest BCUT2D eigenvalue weighted by Crippen LogP contribution is -2.12. The Morgan fingerprint density at radius 1 is 1.52 bits per heavy atom. The Hall–Kier alpha value is -2.65. The fourth-order valence-corrected chi connectivity index (χ4v) is 1.85. The molecule has 0 radical (unpaired) electrons. The molecule has 0 fully saturated rings. The van der Waals surface area contributed by atoms with Gasteiger partial charge in [-0.3, -0.25) is 9.48 Å². The number of nitrogens with one attached hydrogen (secondary N) is 1. The Kier molecular flexibility index (Phi) is 4.36. The molecule has 0 aliphatic heterocycles. The van der Waals surface area contributed by atoms with Crippen LogP contribution in [0.15, 0.2) is 24.4 Å². The van der Waals surface area contributed by atoms with E-state index in [1.54, 1.807) is 30.9 Å². The van der Waals surface area contributed by atoms with E-state index in [1.165, 1.54) is 12.1 Å². The van der Waals surface area contributed by atoms with Gasteiger partial charge in [-0.2, -0.15) is 5.10 Å². The van der Waals surface area contributed by atoms with Gasteiger partial charge in [0.25, 0.3) is 5.91 Å². The van der Waals surface area contributed by atoms with Gasteiger partial charge in [0.15, 0.2) is 0 Å². The number of rotatable bonds is 2. The number of hydrogen-bond acceptors (Lipinski definition) is 3. The summed E-state index contributed by atoms with van der Waals surface area (Å²) < 4.78 is 15.3. The van der Waals surface area contributed by atoms with Gasteiger partial charge in [0.2, 0.25) is 0 Å². The Balaban J connectivity index is 2.18. The van der Waals surface area contributed by atoms with E-state index in [9.17, 15) is 9.18 Å². The summed E-state index contributed by atoms with van der Waals surface area (Å²) in [5, 5.41) is 15.3. The van der Waals surface area contributed by atoms with Gasteiger partial charge in [-0.15, -0.1) is 0 Å². The molecule has 0 aliphatic carbocycles. The van der Waals surface area contributed by atoms with Gasteiger partial charge >= 0.3 is 0 Å². The zero-order valence-corrected chi connectivity index (χ0v) is 11.6. The quantitative estimate of drug-likeness (QED) is 0.822. The monoisotopic (exact) mass is 287 g/mol. The maximum Gasteiger partial charge on any atom is 0.259 e. The Morgan fingerprint density at radius 2 is 2.29 bits per heavy atom. The van der Waals surface area contributed by atoms with Crippen molar-refractivity contribution in [2.45, 2.75) is 6.92 Å². The van der Waals surface area contributed by atoms with E-state index in [4.69, 9.17) is 5.11 Å². The van der Waals surface area contributed by atoms with Crippen LogP contribution < -0.4 is 5.32 Å². The van der Waals surface area contributed by atoms with Crippen molar-refractivity contribution in [2.75, 3.05) is 11.9 Å². The maximum absolute atomic E-state index is 13.8. The predicted molar refractivity (Wildman–Crippen MR) is 76.3 cm³/mol. The summed E-state index contributed by atoms with van der Waals surface area (Å²) in [6.07, 6.45) is 1.60. The highest BCUT2D eigenvalue weighted by molar-refractivity contribution is 6.04. The van der Waals surface area contributed by atoms with E-state index in [0.717, 1.165) is 0 Å². The van der Waals surface area contributed by atoms with Crippen LogP contribution in [0.25, 0.3) is 0 Å². The SMILES string of the molecule is Cc1nn(C)cc1C(=O)Nc1ccc(C#CCO)c(F)c1. The summed E-state index contributed by atoms with van der Waals surface area (Å²) in [6, 6.07) is 4.18. The van der Waals surface area contributed by atoms with Gasteiger partial charge in [0, 0.05) is 18.9 Å². The van der Waals surface area contributed by atoms with Crippen molar-refractivity contribution in [1.29, 1.82) is 0 Å². The molecule has 0 saturated heterocycles. The van der Waals surface area contributed by atoms with Crippen molar-refractivity contribution >= 4 is 11.6 Å². The average molecular weight is 287 g/mol. The van der Waals surface area contributed by atoms with Crippen LogP contribution in [0.2, 0.25) is 0 Å². The van der Waals surface area contributed by atoms with Gasteiger partial charge in [-0.05, 0) is 25.1 Å². The minimum absolute atomic E-state index is 0.166. The predicted octanol–water partition coefficient (Wildman–Crippen LogP) is 1.46. The number of carbonyl (C=O) groups excluding carboxylic acids is 1. The first kappa shape index (κ1) is 14.8. The minimum Gasteiger partial charge on any atom is -0.384 e. The number of aryl methyl sites for hydroxylation is 2. The van der Waals surface area contributed by atoms with Crippen LogP contribution in [-0.4, -0.2) is 27.4 Å². The van der Waals surface area contributed by atoms with Crippen LogP contribution in [0.1, 0.15) is 21.6 Å². The number of benzene rings is 1. The third kappa shape index (κ3) is 3.46. The van der Waals surface area contributed by atoms with Gasteiger partial charge in [0.1, 0.15) is 12.4 Å². The molecule has 21 heavy (non-hydrogen) atoms. The second-order valence-corrected chi connectivity index (χ2v) is 4.41. The number of halogens is 1. The molecule has 2 rings (SSSR count). The maximum atomic E-state index is 13.8. The summed E-state index contributed by atoms with van der Waals surface area (Å²) >= 11 is 0. The van der Waals surface area contributed by atoms with Crippen LogP contribution in [0, 0.1) is 24.6 Å². The lowest BCUT2D eigenvalue weighted by Gasteiger charge is -2.05. The number of aromatic nitrogens is 2. The topological polar surface area (TPSA) is 67.2 Å². The van der Waals surface area contributed by atoms with Gasteiger partial charge in [-0.25, -0.2) is 4.39 Å². The number of aliphatic hydroxyl groups excluding tert-OH is 1. The van der Waals surface area contributed by atoms with Gasteiger partial charge in [0.05, 0.1) is 16.8 Å². The van der Waals surface area contributed by atoms with Gasteiger partial charge < -0.3 is 10.4 Å². The highest BCUT2D eigenvalue weighted by atomic mass is 19.1. The third-order valence-corrected chi connectivity index (χ3v) is 2.79. The zero-order valence-electron chi connectivity index (χ0n) is 11.6. The number of aliphatic hydroxyl groups is 1. The van der Waals surface area contributed by atoms with Crippen LogP contribution >= 0.6 is 0 Å². The second kappa shape index (κ2) is 6.20. The van der Waals surface area contributed by atoms with E-state index < -0.39 is 5.82 Å². The average Bonchev–Trinajstić information content (AvgIpc) is 2.77. The molecule has 0 aliphatic rings. The summed E-state index contributed by atoms with van der Waals surface area (Å²) in [6.45, 7) is 1.39. The Bertz CT molecular complexity index is 741. The molecule has 1 amide bonds. The lowest BCUT2D eigenvalue weighted by molar-refractivity contribution is 0.102. The number of anilines is 1. The first-order valence-electron chi connectivity index (χ1n) is 6.22. The molecule has 0 atom stereocenters. The fraction of sp³-hybridized carbons (Fsp3) is 0.200. The zero-order chi connectivity index (χ0) is 15.4. The summed E-state index contributed by atoms with van der Waals surface area (Å²) in [4.78, 5) is 12.1. The summed E-state index contributed by atoms with van der Waals surface area (Å²) in [5.74, 6) is 3.94. The molecule has 0 bridgehead atoms. The van der Waals surface area contributed by atoms with Crippen molar-refractivity contribution in [3.05, 3.63) is 47.0 Å². The van der Waals surface area contributed by atoms with E-state index in [0.29, 0.717) is 16.9 Å². The molecule has 1 aromatic heterocycles. The fourth-order valence-electron chi connectivity index (χ4n) is 1.85. The van der Waals surface area contributed by atoms with E-state index in [2.05, 4.69) is 22.3 Å². The molecule has 2 aromatic rings. The number of carbonyl (C=O) groups is 1. The van der Waals surface area contributed by atoms with Gasteiger partial charge in [-0.1, -0.05) is 11.8 Å². The number of nitrogens with zero attached hydrogens (tertiary/aromatic N) is 2. The molecule has 0 unspecified atom stereocenters.